The van der Waals surface area contributed by atoms with E-state index in [1.165, 1.54) is 18.7 Å². The van der Waals surface area contributed by atoms with Gasteiger partial charge in [-0.15, -0.1) is 0 Å². The lowest BCUT2D eigenvalue weighted by atomic mass is 10.1. The van der Waals surface area contributed by atoms with Gasteiger partial charge in [0.05, 0.1) is 17.4 Å². The molecule has 0 bridgehead atoms. The Morgan fingerprint density at radius 1 is 0.926 bits per heavy atom. The van der Waals surface area contributed by atoms with Crippen molar-refractivity contribution in [3.63, 3.8) is 0 Å². The van der Waals surface area contributed by atoms with E-state index in [1.807, 2.05) is 43.3 Å². The second kappa shape index (κ2) is 8.27. The van der Waals surface area contributed by atoms with Crippen LogP contribution in [-0.4, -0.2) is 16.7 Å². The van der Waals surface area contributed by atoms with Crippen molar-refractivity contribution in [2.24, 2.45) is 0 Å². The summed E-state index contributed by atoms with van der Waals surface area (Å²) in [6.45, 7) is 4.01. The summed E-state index contributed by atoms with van der Waals surface area (Å²) in [7, 11) is 0. The SMILES string of the molecule is CC(=O)c1cccc(Nc2cncc(C(=O)NCc3ccc(C)cc3)c2)c1. The molecule has 5 nitrogen and oxygen atoms in total. The molecule has 3 aromatic rings. The van der Waals surface area contributed by atoms with Gasteiger partial charge in [0.2, 0.25) is 0 Å². The number of rotatable bonds is 6. The number of anilines is 2. The third-order valence-corrected chi connectivity index (χ3v) is 4.13. The Morgan fingerprint density at radius 3 is 2.41 bits per heavy atom. The van der Waals surface area contributed by atoms with Gasteiger partial charge in [-0.1, -0.05) is 42.0 Å². The number of pyridine rings is 1. The van der Waals surface area contributed by atoms with Crippen LogP contribution in [0.2, 0.25) is 0 Å². The number of nitrogens with one attached hydrogen (secondary N) is 2. The lowest BCUT2D eigenvalue weighted by Gasteiger charge is -2.09. The van der Waals surface area contributed by atoms with Crippen molar-refractivity contribution in [3.05, 3.63) is 89.2 Å². The van der Waals surface area contributed by atoms with Crippen LogP contribution in [0.25, 0.3) is 0 Å². The Balaban J connectivity index is 1.67. The lowest BCUT2D eigenvalue weighted by molar-refractivity contribution is 0.0949. The maximum Gasteiger partial charge on any atom is 0.253 e. The van der Waals surface area contributed by atoms with Gasteiger partial charge in [0.25, 0.3) is 5.91 Å². The summed E-state index contributed by atoms with van der Waals surface area (Å²) in [5.74, 6) is -0.190. The largest absolute Gasteiger partial charge is 0.354 e. The van der Waals surface area contributed by atoms with Crippen LogP contribution in [0.4, 0.5) is 11.4 Å². The molecule has 2 N–H and O–H groups in total. The fraction of sp³-hybridized carbons (Fsp3) is 0.136. The maximum atomic E-state index is 12.4. The number of benzene rings is 2. The van der Waals surface area contributed by atoms with Crippen molar-refractivity contribution < 1.29 is 9.59 Å². The van der Waals surface area contributed by atoms with E-state index >= 15 is 0 Å². The maximum absolute atomic E-state index is 12.4. The minimum Gasteiger partial charge on any atom is -0.354 e. The van der Waals surface area contributed by atoms with E-state index < -0.39 is 0 Å². The molecule has 5 heteroatoms. The Labute approximate surface area is 158 Å². The van der Waals surface area contributed by atoms with Crippen molar-refractivity contribution in [3.8, 4) is 0 Å². The molecule has 0 aliphatic carbocycles. The number of aromatic nitrogens is 1. The molecular formula is C22H21N3O2. The van der Waals surface area contributed by atoms with Gasteiger partial charge in [-0.2, -0.15) is 0 Å². The van der Waals surface area contributed by atoms with Gasteiger partial charge in [0.1, 0.15) is 0 Å². The predicted octanol–water partition coefficient (Wildman–Crippen LogP) is 4.27. The first kappa shape index (κ1) is 18.3. The zero-order valence-corrected chi connectivity index (χ0v) is 15.3. The number of hydrogen-bond acceptors (Lipinski definition) is 4. The number of carbonyl (C=O) groups is 2. The zero-order chi connectivity index (χ0) is 19.2. The standard InChI is InChI=1S/C22H21N3O2/c1-15-6-8-17(9-7-15)12-24-22(27)19-11-21(14-23-13-19)25-20-5-3-4-18(10-20)16(2)26/h3-11,13-14,25H,12H2,1-2H3,(H,24,27). The van der Waals surface area contributed by atoms with E-state index in [0.717, 1.165) is 11.3 Å². The summed E-state index contributed by atoms with van der Waals surface area (Å²) >= 11 is 0. The number of nitrogens with zero attached hydrogens (tertiary/aromatic N) is 1. The lowest BCUT2D eigenvalue weighted by Crippen LogP contribution is -2.23. The van der Waals surface area contributed by atoms with Crippen LogP contribution in [0.15, 0.2) is 67.0 Å². The summed E-state index contributed by atoms with van der Waals surface area (Å²) in [4.78, 5) is 28.1. The number of ketones is 1. The second-order valence-electron chi connectivity index (χ2n) is 6.39. The molecule has 136 valence electrons. The fourth-order valence-corrected chi connectivity index (χ4v) is 2.61. The van der Waals surface area contributed by atoms with Gasteiger partial charge in [-0.25, -0.2) is 0 Å². The quantitative estimate of drug-likeness (QED) is 0.645. The predicted molar refractivity (Wildman–Crippen MR) is 106 cm³/mol. The van der Waals surface area contributed by atoms with E-state index in [4.69, 9.17) is 0 Å². The van der Waals surface area contributed by atoms with Crippen LogP contribution in [0, 0.1) is 6.92 Å². The minimum absolute atomic E-state index is 0.000934. The van der Waals surface area contributed by atoms with Crippen LogP contribution in [-0.2, 0) is 6.54 Å². The molecule has 1 amide bonds. The first-order chi connectivity index (χ1) is 13.0. The van der Waals surface area contributed by atoms with Gasteiger partial charge in [0.15, 0.2) is 5.78 Å². The molecule has 3 rings (SSSR count). The Hall–Kier alpha value is -3.47. The summed E-state index contributed by atoms with van der Waals surface area (Å²) in [6, 6.07) is 17.0. The topological polar surface area (TPSA) is 71.1 Å². The van der Waals surface area contributed by atoms with Gasteiger partial charge in [-0.3, -0.25) is 14.6 Å². The third-order valence-electron chi connectivity index (χ3n) is 4.13. The molecule has 0 unspecified atom stereocenters. The summed E-state index contributed by atoms with van der Waals surface area (Å²) in [6.07, 6.45) is 3.17. The Kier molecular flexibility index (Phi) is 5.61. The number of aryl methyl sites for hydroxylation is 1. The molecule has 0 saturated carbocycles. The Morgan fingerprint density at radius 2 is 1.67 bits per heavy atom. The van der Waals surface area contributed by atoms with Gasteiger partial charge in [0, 0.05) is 24.0 Å². The molecule has 1 heterocycles. The highest BCUT2D eigenvalue weighted by molar-refractivity contribution is 5.96. The second-order valence-corrected chi connectivity index (χ2v) is 6.39. The summed E-state index contributed by atoms with van der Waals surface area (Å²) < 4.78 is 0. The minimum atomic E-state index is -0.191. The highest BCUT2D eigenvalue weighted by Crippen LogP contribution is 2.18. The number of amides is 1. The highest BCUT2D eigenvalue weighted by atomic mass is 16.1. The van der Waals surface area contributed by atoms with Crippen LogP contribution in [0.3, 0.4) is 0 Å². The molecular weight excluding hydrogens is 338 g/mol. The molecule has 2 aromatic carbocycles. The van der Waals surface area contributed by atoms with Crippen LogP contribution >= 0.6 is 0 Å². The first-order valence-electron chi connectivity index (χ1n) is 8.68. The normalized spacial score (nSPS) is 10.3. The van der Waals surface area contributed by atoms with Gasteiger partial charge < -0.3 is 10.6 Å². The Bertz CT molecular complexity index is 965. The molecule has 1 aromatic heterocycles. The molecule has 0 spiro atoms. The van der Waals surface area contributed by atoms with E-state index in [2.05, 4.69) is 15.6 Å². The molecule has 0 aliphatic rings. The van der Waals surface area contributed by atoms with Crippen molar-refractivity contribution in [1.29, 1.82) is 0 Å². The van der Waals surface area contributed by atoms with E-state index in [1.54, 1.807) is 24.4 Å². The van der Waals surface area contributed by atoms with Crippen molar-refractivity contribution >= 4 is 23.1 Å². The van der Waals surface area contributed by atoms with E-state index in [0.29, 0.717) is 23.4 Å². The number of hydrogen-bond donors (Lipinski definition) is 2. The van der Waals surface area contributed by atoms with Crippen molar-refractivity contribution in [1.82, 2.24) is 10.3 Å². The molecule has 0 fully saturated rings. The van der Waals surface area contributed by atoms with Gasteiger partial charge >= 0.3 is 0 Å². The molecule has 0 atom stereocenters. The third kappa shape index (κ3) is 5.01. The van der Waals surface area contributed by atoms with Crippen molar-refractivity contribution in [2.75, 3.05) is 5.32 Å². The number of Topliss-reactive ketones (excluding diaryl/α,β-unsaturated/α-hetero) is 1. The first-order valence-corrected chi connectivity index (χ1v) is 8.68. The highest BCUT2D eigenvalue weighted by Gasteiger charge is 2.08. The summed E-state index contributed by atoms with van der Waals surface area (Å²) in [5.41, 5.74) is 4.76. The average Bonchev–Trinajstić information content (AvgIpc) is 2.67. The molecule has 0 saturated heterocycles. The van der Waals surface area contributed by atoms with Gasteiger partial charge in [-0.05, 0) is 37.6 Å². The monoisotopic (exact) mass is 359 g/mol. The van der Waals surface area contributed by atoms with Crippen molar-refractivity contribution in [2.45, 2.75) is 20.4 Å². The molecule has 27 heavy (non-hydrogen) atoms. The van der Waals surface area contributed by atoms with E-state index in [9.17, 15) is 9.59 Å². The smallest absolute Gasteiger partial charge is 0.253 e. The fourth-order valence-electron chi connectivity index (χ4n) is 2.61. The van der Waals surface area contributed by atoms with Crippen LogP contribution in [0.5, 0.6) is 0 Å². The number of carbonyl (C=O) groups excluding carboxylic acids is 2. The van der Waals surface area contributed by atoms with Crippen LogP contribution < -0.4 is 10.6 Å². The molecule has 0 radical (unpaired) electrons. The molecule has 0 aliphatic heterocycles. The van der Waals surface area contributed by atoms with Crippen LogP contribution in [0.1, 0.15) is 38.8 Å². The van der Waals surface area contributed by atoms with E-state index in [-0.39, 0.29) is 11.7 Å². The average molecular weight is 359 g/mol. The summed E-state index contributed by atoms with van der Waals surface area (Å²) in [5, 5.41) is 6.08. The zero-order valence-electron chi connectivity index (χ0n) is 15.3.